The zero-order valence-electron chi connectivity index (χ0n) is 11.0. The van der Waals surface area contributed by atoms with Crippen molar-refractivity contribution in [3.8, 4) is 5.75 Å². The van der Waals surface area contributed by atoms with Crippen molar-refractivity contribution in [1.29, 1.82) is 0 Å². The first kappa shape index (κ1) is 14.0. The molecule has 0 bridgehead atoms. The molecule has 0 unspecified atom stereocenters. The topological polar surface area (TPSA) is 9.23 Å². The van der Waals surface area contributed by atoms with Gasteiger partial charge in [-0.1, -0.05) is 26.8 Å². The highest BCUT2D eigenvalue weighted by Crippen LogP contribution is 2.30. The summed E-state index contributed by atoms with van der Waals surface area (Å²) in [5, 5.41) is 0. The quantitative estimate of drug-likeness (QED) is 0.551. The number of rotatable bonds is 2. The maximum absolute atomic E-state index is 6.03. The van der Waals surface area contributed by atoms with Crippen LogP contribution in [0.4, 0.5) is 0 Å². The monoisotopic (exact) mass is 348 g/mol. The normalized spacial score (nSPS) is 12.7. The molecule has 16 heavy (non-hydrogen) atoms. The predicted octanol–water partition coefficient (Wildman–Crippen LogP) is 4.80. The van der Waals surface area contributed by atoms with Crippen molar-refractivity contribution in [2.45, 2.75) is 45.8 Å². The zero-order valence-corrected chi connectivity index (χ0v) is 14.2. The van der Waals surface area contributed by atoms with Crippen LogP contribution < -0.4 is 4.43 Å². The molecule has 0 saturated heterocycles. The van der Waals surface area contributed by atoms with Crippen LogP contribution in [0.5, 0.6) is 5.75 Å². The molecule has 0 fully saturated rings. The van der Waals surface area contributed by atoms with E-state index >= 15 is 0 Å². The van der Waals surface area contributed by atoms with Gasteiger partial charge in [0.2, 0.25) is 8.32 Å². The van der Waals surface area contributed by atoms with Crippen LogP contribution in [0.25, 0.3) is 0 Å². The molecule has 90 valence electrons. The molecule has 0 amide bonds. The van der Waals surface area contributed by atoms with E-state index in [1.54, 1.807) is 0 Å². The molecule has 0 saturated carbocycles. The van der Waals surface area contributed by atoms with Crippen molar-refractivity contribution in [2.24, 2.45) is 0 Å². The van der Waals surface area contributed by atoms with Crippen LogP contribution in [0.1, 0.15) is 26.3 Å². The summed E-state index contributed by atoms with van der Waals surface area (Å²) in [5.41, 5.74) is 1.57. The minimum atomic E-state index is -1.50. The molecule has 0 radical (unpaired) electrons. The fraction of sp³-hybridized carbons (Fsp3) is 0.538. The average Bonchev–Trinajstić information content (AvgIpc) is 2.04. The van der Waals surface area contributed by atoms with Crippen molar-refractivity contribution in [3.05, 3.63) is 27.3 Å². The van der Waals surface area contributed by atoms with E-state index in [0.717, 1.165) is 5.75 Å². The molecule has 0 atom stereocenters. The van der Waals surface area contributed by atoms with Crippen LogP contribution in [0.15, 0.2) is 18.2 Å². The summed E-state index contributed by atoms with van der Waals surface area (Å²) in [4.78, 5) is 0. The number of halogens is 1. The Bertz CT molecular complexity index is 374. The van der Waals surface area contributed by atoms with Crippen molar-refractivity contribution in [3.63, 3.8) is 0 Å². The van der Waals surface area contributed by atoms with Gasteiger partial charge in [-0.3, -0.25) is 0 Å². The van der Waals surface area contributed by atoms with Gasteiger partial charge in [0.25, 0.3) is 0 Å². The van der Waals surface area contributed by atoms with Gasteiger partial charge in [-0.2, -0.15) is 0 Å². The van der Waals surface area contributed by atoms with E-state index in [0.29, 0.717) is 0 Å². The van der Waals surface area contributed by atoms with Gasteiger partial charge in [-0.15, -0.1) is 0 Å². The maximum Gasteiger partial charge on any atom is 0.242 e. The standard InChI is InChI=1S/C13H21IOSi/c1-13(2,3)10-7-8-12(11(14)9-10)15-16(4,5)6/h7-9H,1-6H3. The molecule has 0 heterocycles. The van der Waals surface area contributed by atoms with Gasteiger partial charge < -0.3 is 4.43 Å². The second-order valence-corrected chi connectivity index (χ2v) is 11.7. The minimum Gasteiger partial charge on any atom is -0.544 e. The SMILES string of the molecule is CC(C)(C)c1ccc(O[Si](C)(C)C)c(I)c1. The molecular formula is C13H21IOSi. The van der Waals surface area contributed by atoms with E-state index in [-0.39, 0.29) is 5.41 Å². The third-order valence-corrected chi connectivity index (χ3v) is 3.89. The van der Waals surface area contributed by atoms with Crippen molar-refractivity contribution in [1.82, 2.24) is 0 Å². The highest BCUT2D eigenvalue weighted by atomic mass is 127. The first-order valence-electron chi connectivity index (χ1n) is 5.59. The molecule has 0 aliphatic rings. The molecule has 1 rings (SSSR count). The molecular weight excluding hydrogens is 327 g/mol. The summed E-state index contributed by atoms with van der Waals surface area (Å²) in [6, 6.07) is 6.52. The van der Waals surface area contributed by atoms with E-state index in [2.05, 4.69) is 81.2 Å². The van der Waals surface area contributed by atoms with Gasteiger partial charge in [0, 0.05) is 0 Å². The Labute approximate surface area is 114 Å². The van der Waals surface area contributed by atoms with Crippen molar-refractivity contribution >= 4 is 30.9 Å². The predicted molar refractivity (Wildman–Crippen MR) is 81.8 cm³/mol. The van der Waals surface area contributed by atoms with Crippen LogP contribution >= 0.6 is 22.6 Å². The first-order chi connectivity index (χ1) is 7.09. The van der Waals surface area contributed by atoms with Gasteiger partial charge in [-0.05, 0) is 65.3 Å². The second kappa shape index (κ2) is 4.68. The lowest BCUT2D eigenvalue weighted by molar-refractivity contribution is 0.548. The lowest BCUT2D eigenvalue weighted by Gasteiger charge is -2.23. The summed E-state index contributed by atoms with van der Waals surface area (Å²) >= 11 is 2.36. The second-order valence-electron chi connectivity index (χ2n) is 6.11. The van der Waals surface area contributed by atoms with Gasteiger partial charge in [-0.25, -0.2) is 0 Å². The average molecular weight is 348 g/mol. The van der Waals surface area contributed by atoms with E-state index in [4.69, 9.17) is 4.43 Å². The van der Waals surface area contributed by atoms with Crippen LogP contribution in [0, 0.1) is 3.57 Å². The van der Waals surface area contributed by atoms with Crippen LogP contribution in [0.3, 0.4) is 0 Å². The lowest BCUT2D eigenvalue weighted by atomic mass is 9.87. The maximum atomic E-state index is 6.03. The fourth-order valence-corrected chi connectivity index (χ4v) is 3.05. The summed E-state index contributed by atoms with van der Waals surface area (Å²) in [5.74, 6) is 1.03. The smallest absolute Gasteiger partial charge is 0.242 e. The fourth-order valence-electron chi connectivity index (χ4n) is 1.38. The Morgan fingerprint density at radius 3 is 2.06 bits per heavy atom. The Hall–Kier alpha value is -0.0331. The highest BCUT2D eigenvalue weighted by Gasteiger charge is 2.19. The Kier molecular flexibility index (Phi) is 4.11. The molecule has 0 aliphatic heterocycles. The molecule has 1 nitrogen and oxygen atoms in total. The number of benzene rings is 1. The van der Waals surface area contributed by atoms with Crippen LogP contribution in [-0.2, 0) is 5.41 Å². The Morgan fingerprint density at radius 2 is 1.69 bits per heavy atom. The number of hydrogen-bond acceptors (Lipinski definition) is 1. The third kappa shape index (κ3) is 4.09. The lowest BCUT2D eigenvalue weighted by Crippen LogP contribution is -2.29. The Balaban J connectivity index is 3.01. The van der Waals surface area contributed by atoms with Gasteiger partial charge in [0.05, 0.1) is 3.57 Å². The molecule has 1 aromatic carbocycles. The number of hydrogen-bond donors (Lipinski definition) is 0. The summed E-state index contributed by atoms with van der Waals surface area (Å²) in [6.07, 6.45) is 0. The molecule has 0 spiro atoms. The zero-order chi connectivity index (χ0) is 12.6. The third-order valence-electron chi connectivity index (χ3n) is 2.21. The van der Waals surface area contributed by atoms with Gasteiger partial charge >= 0.3 is 0 Å². The first-order valence-corrected chi connectivity index (χ1v) is 10.1. The largest absolute Gasteiger partial charge is 0.544 e. The summed E-state index contributed by atoms with van der Waals surface area (Å²) < 4.78 is 7.25. The van der Waals surface area contributed by atoms with E-state index < -0.39 is 8.32 Å². The van der Waals surface area contributed by atoms with Crippen molar-refractivity contribution < 1.29 is 4.43 Å². The van der Waals surface area contributed by atoms with E-state index in [9.17, 15) is 0 Å². The summed E-state index contributed by atoms with van der Waals surface area (Å²) in [7, 11) is -1.50. The minimum absolute atomic E-state index is 0.206. The van der Waals surface area contributed by atoms with Gasteiger partial charge in [0.1, 0.15) is 5.75 Å². The molecule has 0 N–H and O–H groups in total. The highest BCUT2D eigenvalue weighted by molar-refractivity contribution is 14.1. The molecule has 3 heteroatoms. The molecule has 0 aromatic heterocycles. The van der Waals surface area contributed by atoms with E-state index in [1.807, 2.05) is 0 Å². The van der Waals surface area contributed by atoms with Crippen LogP contribution in [0.2, 0.25) is 19.6 Å². The molecule has 1 aromatic rings. The van der Waals surface area contributed by atoms with E-state index in [1.165, 1.54) is 9.13 Å². The Morgan fingerprint density at radius 1 is 1.12 bits per heavy atom. The molecule has 0 aliphatic carbocycles. The van der Waals surface area contributed by atoms with Crippen LogP contribution in [-0.4, -0.2) is 8.32 Å². The van der Waals surface area contributed by atoms with Crippen molar-refractivity contribution in [2.75, 3.05) is 0 Å². The summed E-state index contributed by atoms with van der Waals surface area (Å²) in [6.45, 7) is 13.3. The van der Waals surface area contributed by atoms with Gasteiger partial charge in [0.15, 0.2) is 0 Å².